The number of hydrogen-bond donors (Lipinski definition) is 2. The summed E-state index contributed by atoms with van der Waals surface area (Å²) in [6.45, 7) is 5.75. The molecule has 11 heteroatoms. The molecule has 4 fully saturated rings. The van der Waals surface area contributed by atoms with Gasteiger partial charge < -0.3 is 29.5 Å². The number of aliphatic hydroxyl groups is 1. The smallest absolute Gasteiger partial charge is 0.312 e. The van der Waals surface area contributed by atoms with E-state index in [1.54, 1.807) is 6.92 Å². The zero-order valence-corrected chi connectivity index (χ0v) is 19.2. The first-order valence-electron chi connectivity index (χ1n) is 10.9. The predicted octanol–water partition coefficient (Wildman–Crippen LogP) is -1.26. The zero-order valence-electron chi connectivity index (χ0n) is 17.6. The van der Waals surface area contributed by atoms with Crippen molar-refractivity contribution >= 4 is 33.7 Å². The Kier molecular flexibility index (Phi) is 6.87. The molecule has 31 heavy (non-hydrogen) atoms. The number of fused-ring (bicyclic) bond motifs is 1. The summed E-state index contributed by atoms with van der Waals surface area (Å²) in [5.41, 5.74) is -1.11. The summed E-state index contributed by atoms with van der Waals surface area (Å²) in [5, 5.41) is 12.5. The molecule has 0 radical (unpaired) electrons. The second-order valence-corrected chi connectivity index (χ2v) is 9.59. The van der Waals surface area contributed by atoms with Crippen LogP contribution in [-0.2, 0) is 28.6 Å². The van der Waals surface area contributed by atoms with Crippen LogP contribution < -0.4 is 5.32 Å². The van der Waals surface area contributed by atoms with Gasteiger partial charge in [-0.2, -0.15) is 0 Å². The Balaban J connectivity index is 1.53. The lowest BCUT2D eigenvalue weighted by Gasteiger charge is -2.34. The van der Waals surface area contributed by atoms with Gasteiger partial charge in [0, 0.05) is 37.6 Å². The minimum Gasteiger partial charge on any atom is -0.466 e. The molecule has 2 bridgehead atoms. The summed E-state index contributed by atoms with van der Waals surface area (Å²) in [4.78, 5) is 42.8. The third-order valence-electron chi connectivity index (χ3n) is 6.77. The van der Waals surface area contributed by atoms with Gasteiger partial charge in [-0.05, 0) is 13.3 Å². The summed E-state index contributed by atoms with van der Waals surface area (Å²) in [7, 11) is 0. The SMILES string of the molecule is CCOC(=O)[C@@H]1[C@H]2O[C@@]3(CC2Br)[C@H](C(=O)NCCN2CCOCC2)N(CCO)C(=O)[C@@H]13. The van der Waals surface area contributed by atoms with Gasteiger partial charge in [0.25, 0.3) is 0 Å². The highest BCUT2D eigenvalue weighted by Crippen LogP contribution is 2.60. The Morgan fingerprint density at radius 2 is 2.06 bits per heavy atom. The van der Waals surface area contributed by atoms with Crippen LogP contribution in [0.4, 0.5) is 0 Å². The molecule has 0 saturated carbocycles. The van der Waals surface area contributed by atoms with Gasteiger partial charge in [0.1, 0.15) is 11.6 Å². The van der Waals surface area contributed by atoms with E-state index in [0.717, 1.165) is 13.1 Å². The number of halogens is 1. The van der Waals surface area contributed by atoms with Crippen molar-refractivity contribution < 1.29 is 33.7 Å². The fourth-order valence-electron chi connectivity index (χ4n) is 5.54. The number of nitrogens with zero attached hydrogens (tertiary/aromatic N) is 2. The Labute approximate surface area is 189 Å². The average Bonchev–Trinajstić information content (AvgIpc) is 3.33. The molecule has 10 nitrogen and oxygen atoms in total. The van der Waals surface area contributed by atoms with Crippen LogP contribution in [0.1, 0.15) is 13.3 Å². The van der Waals surface area contributed by atoms with E-state index in [0.29, 0.717) is 32.7 Å². The summed E-state index contributed by atoms with van der Waals surface area (Å²) in [6.07, 6.45) is -0.0825. The van der Waals surface area contributed by atoms with Gasteiger partial charge in [-0.25, -0.2) is 0 Å². The van der Waals surface area contributed by atoms with Gasteiger partial charge in [0.2, 0.25) is 11.8 Å². The third kappa shape index (κ3) is 3.88. The summed E-state index contributed by atoms with van der Waals surface area (Å²) in [5.74, 6) is -2.68. The molecule has 6 atom stereocenters. The summed E-state index contributed by atoms with van der Waals surface area (Å²) in [6, 6.07) is -0.897. The number of rotatable bonds is 8. The lowest BCUT2D eigenvalue weighted by atomic mass is 9.70. The number of hydrogen-bond acceptors (Lipinski definition) is 8. The van der Waals surface area contributed by atoms with Gasteiger partial charge in [0.15, 0.2) is 0 Å². The van der Waals surface area contributed by atoms with Gasteiger partial charge in [-0.15, -0.1) is 0 Å². The molecule has 0 aliphatic carbocycles. The number of alkyl halides is 1. The molecule has 0 aromatic rings. The predicted molar refractivity (Wildman–Crippen MR) is 111 cm³/mol. The third-order valence-corrected chi connectivity index (χ3v) is 7.61. The maximum atomic E-state index is 13.3. The van der Waals surface area contributed by atoms with E-state index in [1.165, 1.54) is 4.90 Å². The Morgan fingerprint density at radius 1 is 1.32 bits per heavy atom. The van der Waals surface area contributed by atoms with Crippen LogP contribution >= 0.6 is 15.9 Å². The van der Waals surface area contributed by atoms with Crippen molar-refractivity contribution in [2.45, 2.75) is 35.9 Å². The zero-order chi connectivity index (χ0) is 22.2. The van der Waals surface area contributed by atoms with Crippen LogP contribution in [0.5, 0.6) is 0 Å². The maximum absolute atomic E-state index is 13.3. The second kappa shape index (κ2) is 9.30. The molecule has 4 rings (SSSR count). The monoisotopic (exact) mass is 503 g/mol. The maximum Gasteiger partial charge on any atom is 0.312 e. The number of morpholine rings is 1. The molecule has 0 aromatic heterocycles. The number of nitrogens with one attached hydrogen (secondary N) is 1. The number of β-amino-alcohol motifs (C(OH)–C–C–N with tert-alkyl or cyclic N) is 1. The highest BCUT2D eigenvalue weighted by molar-refractivity contribution is 9.09. The molecular weight excluding hydrogens is 474 g/mol. The van der Waals surface area contributed by atoms with E-state index in [4.69, 9.17) is 14.2 Å². The number of ether oxygens (including phenoxy) is 3. The van der Waals surface area contributed by atoms with E-state index >= 15 is 0 Å². The molecule has 1 unspecified atom stereocenters. The van der Waals surface area contributed by atoms with E-state index < -0.39 is 35.6 Å². The average molecular weight is 504 g/mol. The first-order valence-corrected chi connectivity index (χ1v) is 11.8. The summed E-state index contributed by atoms with van der Waals surface area (Å²) >= 11 is 3.58. The van der Waals surface area contributed by atoms with Crippen molar-refractivity contribution in [1.29, 1.82) is 0 Å². The van der Waals surface area contributed by atoms with Crippen LogP contribution in [0.15, 0.2) is 0 Å². The van der Waals surface area contributed by atoms with E-state index in [1.807, 2.05) is 0 Å². The van der Waals surface area contributed by atoms with Crippen molar-refractivity contribution in [3.8, 4) is 0 Å². The fourth-order valence-corrected chi connectivity index (χ4v) is 6.49. The number of amides is 2. The molecule has 1 spiro atoms. The number of carbonyl (C=O) groups excluding carboxylic acids is 3. The van der Waals surface area contributed by atoms with E-state index in [2.05, 4.69) is 26.1 Å². The Morgan fingerprint density at radius 3 is 2.74 bits per heavy atom. The molecule has 4 aliphatic rings. The second-order valence-electron chi connectivity index (χ2n) is 8.42. The standard InChI is InChI=1S/C20H30BrN3O7/c1-2-30-19(28)13-14-18(27)24(5-8-25)16(20(14)11-12(21)15(13)31-20)17(26)22-3-4-23-6-9-29-10-7-23/h12-16,25H,2-11H2,1H3,(H,22,26)/t12?,13-,14+,15-,16-,20+/m0/s1. The molecule has 2 N–H and O–H groups in total. The Hall–Kier alpha value is -1.27. The van der Waals surface area contributed by atoms with Crippen LogP contribution in [0.3, 0.4) is 0 Å². The largest absolute Gasteiger partial charge is 0.466 e. The fraction of sp³-hybridized carbons (Fsp3) is 0.850. The number of carbonyl (C=O) groups is 3. The number of likely N-dealkylation sites (tertiary alicyclic amines) is 1. The first-order chi connectivity index (χ1) is 14.9. The summed E-state index contributed by atoms with van der Waals surface area (Å²) < 4.78 is 16.8. The van der Waals surface area contributed by atoms with Gasteiger partial charge in [-0.1, -0.05) is 15.9 Å². The number of esters is 1. The van der Waals surface area contributed by atoms with E-state index in [9.17, 15) is 19.5 Å². The normalized spacial score (nSPS) is 37.2. The lowest BCUT2D eigenvalue weighted by Crippen LogP contribution is -2.56. The van der Waals surface area contributed by atoms with E-state index in [-0.39, 0.29) is 36.4 Å². The minimum atomic E-state index is -1.11. The van der Waals surface area contributed by atoms with Gasteiger partial charge >= 0.3 is 5.97 Å². The van der Waals surface area contributed by atoms with Crippen molar-refractivity contribution in [2.24, 2.45) is 11.8 Å². The van der Waals surface area contributed by atoms with Crippen LogP contribution in [0, 0.1) is 11.8 Å². The Bertz CT molecular complexity index is 719. The van der Waals surface area contributed by atoms with Crippen LogP contribution in [0.2, 0.25) is 0 Å². The van der Waals surface area contributed by atoms with Crippen molar-refractivity contribution in [2.75, 3.05) is 59.2 Å². The minimum absolute atomic E-state index is 0.00909. The van der Waals surface area contributed by atoms with Crippen LogP contribution in [0.25, 0.3) is 0 Å². The molecular formula is C20H30BrN3O7. The topological polar surface area (TPSA) is 118 Å². The highest BCUT2D eigenvalue weighted by Gasteiger charge is 2.76. The number of aliphatic hydroxyl groups excluding tert-OH is 1. The molecule has 4 saturated heterocycles. The highest BCUT2D eigenvalue weighted by atomic mass is 79.9. The molecule has 174 valence electrons. The van der Waals surface area contributed by atoms with Gasteiger partial charge in [-0.3, -0.25) is 19.3 Å². The molecule has 4 aliphatic heterocycles. The molecule has 4 heterocycles. The van der Waals surface area contributed by atoms with Crippen LogP contribution in [-0.4, -0.2) is 114 Å². The first kappa shape index (κ1) is 22.9. The molecule has 0 aromatic carbocycles. The lowest BCUT2D eigenvalue weighted by molar-refractivity contribution is -0.154. The van der Waals surface area contributed by atoms with Crippen molar-refractivity contribution in [1.82, 2.24) is 15.1 Å². The molecule has 2 amide bonds. The quantitative estimate of drug-likeness (QED) is 0.311. The van der Waals surface area contributed by atoms with Crippen molar-refractivity contribution in [3.63, 3.8) is 0 Å². The van der Waals surface area contributed by atoms with Crippen molar-refractivity contribution in [3.05, 3.63) is 0 Å². The van der Waals surface area contributed by atoms with Gasteiger partial charge in [0.05, 0.1) is 44.4 Å².